The number of hydrogen-bond donors (Lipinski definition) is 1. The minimum absolute atomic E-state index is 0.0196. The van der Waals surface area contributed by atoms with Crippen molar-refractivity contribution in [3.05, 3.63) is 86.4 Å². The molecule has 0 aliphatic carbocycles. The Hall–Kier alpha value is -3.79. The van der Waals surface area contributed by atoms with Gasteiger partial charge in [0.05, 0.1) is 18.3 Å². The summed E-state index contributed by atoms with van der Waals surface area (Å²) >= 11 is 1.08. The Morgan fingerprint density at radius 3 is 2.58 bits per heavy atom. The number of amides is 1. The average molecular weight is 443 g/mol. The lowest BCUT2D eigenvalue weighted by molar-refractivity contribution is -0.116. The molecule has 0 saturated heterocycles. The van der Waals surface area contributed by atoms with Crippen LogP contribution in [0.15, 0.2) is 63.5 Å². The third-order valence-electron chi connectivity index (χ3n) is 4.59. The van der Waals surface area contributed by atoms with Gasteiger partial charge in [-0.15, -0.1) is 11.3 Å². The molecule has 0 atom stereocenters. The van der Waals surface area contributed by atoms with Gasteiger partial charge < -0.3 is 10.1 Å². The zero-order valence-electron chi connectivity index (χ0n) is 16.1. The highest BCUT2D eigenvalue weighted by Gasteiger charge is 2.19. The van der Waals surface area contributed by atoms with Crippen molar-refractivity contribution < 1.29 is 18.3 Å². The molecule has 1 amide bonds. The third-order valence-corrected chi connectivity index (χ3v) is 5.48. The Morgan fingerprint density at radius 1 is 1.10 bits per heavy atom. The van der Waals surface area contributed by atoms with Crippen molar-refractivity contribution in [1.82, 2.24) is 9.13 Å². The van der Waals surface area contributed by atoms with Gasteiger partial charge in [0.1, 0.15) is 17.1 Å². The third kappa shape index (κ3) is 3.73. The molecule has 0 aliphatic heterocycles. The lowest BCUT2D eigenvalue weighted by Gasteiger charge is -2.13. The Balaban J connectivity index is 1.76. The van der Waals surface area contributed by atoms with Crippen LogP contribution < -0.4 is 21.3 Å². The number of benzene rings is 2. The van der Waals surface area contributed by atoms with Gasteiger partial charge in [-0.1, -0.05) is 12.1 Å². The minimum Gasteiger partial charge on any atom is -0.494 e. The molecule has 0 spiro atoms. The molecule has 0 bridgehead atoms. The van der Waals surface area contributed by atoms with Crippen LogP contribution in [0, 0.1) is 11.6 Å². The lowest BCUT2D eigenvalue weighted by atomic mass is 10.3. The van der Waals surface area contributed by atoms with Gasteiger partial charge in [0, 0.05) is 11.8 Å². The second kappa shape index (κ2) is 8.15. The monoisotopic (exact) mass is 443 g/mol. The van der Waals surface area contributed by atoms with E-state index < -0.39 is 35.3 Å². The molecular weight excluding hydrogens is 428 g/mol. The van der Waals surface area contributed by atoms with E-state index >= 15 is 0 Å². The number of para-hydroxylation sites is 1. The molecule has 0 fully saturated rings. The molecule has 2 aromatic heterocycles. The van der Waals surface area contributed by atoms with Crippen LogP contribution in [0.1, 0.15) is 0 Å². The maximum Gasteiger partial charge on any atom is 0.336 e. The van der Waals surface area contributed by atoms with Crippen LogP contribution in [0.4, 0.5) is 14.5 Å². The van der Waals surface area contributed by atoms with Crippen molar-refractivity contribution >= 4 is 33.1 Å². The summed E-state index contributed by atoms with van der Waals surface area (Å²) in [5.74, 6) is -2.02. The van der Waals surface area contributed by atoms with Crippen LogP contribution in [0.3, 0.4) is 0 Å². The van der Waals surface area contributed by atoms with Crippen LogP contribution in [-0.2, 0) is 11.3 Å². The van der Waals surface area contributed by atoms with Gasteiger partial charge in [0.25, 0.3) is 5.56 Å². The largest absolute Gasteiger partial charge is 0.494 e. The fourth-order valence-electron chi connectivity index (χ4n) is 3.17. The van der Waals surface area contributed by atoms with Crippen molar-refractivity contribution in [3.8, 4) is 11.4 Å². The number of nitrogens with one attached hydrogen (secondary N) is 1. The highest BCUT2D eigenvalue weighted by atomic mass is 32.1. The maximum absolute atomic E-state index is 14.3. The summed E-state index contributed by atoms with van der Waals surface area (Å²) in [4.78, 5) is 38.5. The predicted molar refractivity (Wildman–Crippen MR) is 113 cm³/mol. The highest BCUT2D eigenvalue weighted by molar-refractivity contribution is 7.17. The number of nitrogens with zero attached hydrogens (tertiary/aromatic N) is 2. The highest BCUT2D eigenvalue weighted by Crippen LogP contribution is 2.21. The van der Waals surface area contributed by atoms with Crippen molar-refractivity contribution in [2.45, 2.75) is 6.54 Å². The molecule has 1 N–H and O–H groups in total. The van der Waals surface area contributed by atoms with E-state index in [9.17, 15) is 23.2 Å². The number of thiophene rings is 1. The van der Waals surface area contributed by atoms with E-state index in [4.69, 9.17) is 4.74 Å². The Morgan fingerprint density at radius 2 is 1.87 bits per heavy atom. The maximum atomic E-state index is 14.3. The fraction of sp³-hybridized carbons (Fsp3) is 0.0952. The molecule has 158 valence electrons. The predicted octanol–water partition coefficient (Wildman–Crippen LogP) is 3.14. The van der Waals surface area contributed by atoms with Gasteiger partial charge in [0.15, 0.2) is 11.6 Å². The normalized spacial score (nSPS) is 10.9. The van der Waals surface area contributed by atoms with E-state index in [0.29, 0.717) is 4.57 Å². The van der Waals surface area contributed by atoms with Gasteiger partial charge >= 0.3 is 5.69 Å². The Labute approximate surface area is 177 Å². The standard InChI is InChI=1S/C21H15F2N3O4S/c1-30-17-7-6-12(10-14(17)23)24-18(27)11-25-16-8-9-31-19(16)20(28)26(21(25)29)15-5-3-2-4-13(15)22/h2-10H,11H2,1H3,(H,24,27). The van der Waals surface area contributed by atoms with Crippen molar-refractivity contribution in [2.24, 2.45) is 0 Å². The van der Waals surface area contributed by atoms with Crippen LogP contribution in [0.5, 0.6) is 5.75 Å². The number of fused-ring (bicyclic) bond motifs is 1. The minimum atomic E-state index is -0.864. The quantitative estimate of drug-likeness (QED) is 0.514. The summed E-state index contributed by atoms with van der Waals surface area (Å²) in [6.45, 7) is -0.464. The van der Waals surface area contributed by atoms with E-state index in [2.05, 4.69) is 5.32 Å². The first-order valence-electron chi connectivity index (χ1n) is 9.02. The Kier molecular flexibility index (Phi) is 5.38. The van der Waals surface area contributed by atoms with E-state index in [0.717, 1.165) is 28.0 Å². The second-order valence-corrected chi connectivity index (χ2v) is 7.41. The fourth-order valence-corrected chi connectivity index (χ4v) is 4.00. The molecule has 2 heterocycles. The summed E-state index contributed by atoms with van der Waals surface area (Å²) in [5.41, 5.74) is -1.32. The van der Waals surface area contributed by atoms with Crippen molar-refractivity contribution in [2.75, 3.05) is 12.4 Å². The van der Waals surface area contributed by atoms with E-state index in [1.807, 2.05) is 0 Å². The summed E-state index contributed by atoms with van der Waals surface area (Å²) in [7, 11) is 1.32. The molecule has 2 aromatic carbocycles. The number of carbonyl (C=O) groups excluding carboxylic acids is 1. The summed E-state index contributed by atoms with van der Waals surface area (Å²) in [5, 5.41) is 4.10. The number of methoxy groups -OCH3 is 1. The summed E-state index contributed by atoms with van der Waals surface area (Å²) < 4.78 is 35.0. The smallest absolute Gasteiger partial charge is 0.336 e. The zero-order valence-corrected chi connectivity index (χ0v) is 16.9. The summed E-state index contributed by atoms with van der Waals surface area (Å²) in [6, 6.07) is 10.8. The van der Waals surface area contributed by atoms with Crippen LogP contribution in [0.2, 0.25) is 0 Å². The van der Waals surface area contributed by atoms with E-state index in [-0.39, 0.29) is 27.3 Å². The SMILES string of the molecule is COc1ccc(NC(=O)Cn2c(=O)n(-c3ccccc3F)c(=O)c3sccc32)cc1F. The summed E-state index contributed by atoms with van der Waals surface area (Å²) in [6.07, 6.45) is 0. The van der Waals surface area contributed by atoms with Gasteiger partial charge in [-0.2, -0.15) is 0 Å². The molecule has 4 rings (SSSR count). The lowest BCUT2D eigenvalue weighted by Crippen LogP contribution is -2.40. The molecule has 0 radical (unpaired) electrons. The molecule has 31 heavy (non-hydrogen) atoms. The molecule has 0 unspecified atom stereocenters. The number of anilines is 1. The van der Waals surface area contributed by atoms with Crippen LogP contribution in [0.25, 0.3) is 15.9 Å². The first-order chi connectivity index (χ1) is 14.9. The molecule has 0 aliphatic rings. The number of hydrogen-bond acceptors (Lipinski definition) is 5. The number of carbonyl (C=O) groups is 1. The number of rotatable bonds is 5. The topological polar surface area (TPSA) is 82.3 Å². The van der Waals surface area contributed by atoms with Gasteiger partial charge in [-0.05, 0) is 35.7 Å². The molecule has 0 saturated carbocycles. The Bertz CT molecular complexity index is 1420. The first kappa shape index (κ1) is 20.5. The van der Waals surface area contributed by atoms with Crippen molar-refractivity contribution in [3.63, 3.8) is 0 Å². The number of halogens is 2. The van der Waals surface area contributed by atoms with Gasteiger partial charge in [-0.25, -0.2) is 18.1 Å². The number of aromatic nitrogens is 2. The molecule has 7 nitrogen and oxygen atoms in total. The molecule has 4 aromatic rings. The first-order valence-corrected chi connectivity index (χ1v) is 9.90. The zero-order chi connectivity index (χ0) is 22.1. The second-order valence-electron chi connectivity index (χ2n) is 6.49. The average Bonchev–Trinajstić information content (AvgIpc) is 3.23. The molecule has 10 heteroatoms. The van der Waals surface area contributed by atoms with Crippen LogP contribution in [-0.4, -0.2) is 22.2 Å². The van der Waals surface area contributed by atoms with Gasteiger partial charge in [0.2, 0.25) is 5.91 Å². The van der Waals surface area contributed by atoms with E-state index in [1.165, 1.54) is 43.5 Å². The van der Waals surface area contributed by atoms with Crippen molar-refractivity contribution in [1.29, 1.82) is 0 Å². The number of ether oxygens (including phenoxy) is 1. The van der Waals surface area contributed by atoms with Crippen LogP contribution >= 0.6 is 11.3 Å². The van der Waals surface area contributed by atoms with E-state index in [1.54, 1.807) is 5.38 Å². The van der Waals surface area contributed by atoms with Gasteiger partial charge in [-0.3, -0.25) is 14.2 Å². The molecular formula is C21H15F2N3O4S.